The maximum absolute atomic E-state index is 15.0. The summed E-state index contributed by atoms with van der Waals surface area (Å²) in [4.78, 5) is 18.4. The summed E-state index contributed by atoms with van der Waals surface area (Å²) < 4.78 is 58.4. The zero-order chi connectivity index (χ0) is 24.9. The van der Waals surface area contributed by atoms with E-state index in [1.165, 1.54) is 12.3 Å². The number of nitrogens with one attached hydrogen (secondary N) is 1. The van der Waals surface area contributed by atoms with Crippen molar-refractivity contribution in [3.05, 3.63) is 40.4 Å². The second-order valence-corrected chi connectivity index (χ2v) is 9.15. The Hall–Kier alpha value is -3.28. The van der Waals surface area contributed by atoms with Crippen molar-refractivity contribution in [2.75, 3.05) is 11.9 Å². The summed E-state index contributed by atoms with van der Waals surface area (Å²) in [6.07, 6.45) is -1.45. The lowest BCUT2D eigenvalue weighted by atomic mass is 9.82. The average molecular weight is 493 g/mol. The summed E-state index contributed by atoms with van der Waals surface area (Å²) in [6, 6.07) is 2.00. The third-order valence-corrected chi connectivity index (χ3v) is 6.80. The summed E-state index contributed by atoms with van der Waals surface area (Å²) in [6.45, 7) is 0. The van der Waals surface area contributed by atoms with Gasteiger partial charge < -0.3 is 19.7 Å². The van der Waals surface area contributed by atoms with Crippen molar-refractivity contribution < 1.29 is 27.1 Å². The van der Waals surface area contributed by atoms with Gasteiger partial charge >= 0.3 is 6.18 Å². The molecule has 2 aliphatic rings. The van der Waals surface area contributed by atoms with Gasteiger partial charge in [-0.05, 0) is 31.4 Å². The van der Waals surface area contributed by atoms with E-state index < -0.39 is 35.5 Å². The highest BCUT2D eigenvalue weighted by Gasteiger charge is 2.42. The summed E-state index contributed by atoms with van der Waals surface area (Å²) in [5.41, 5.74) is -1.38. The number of anilines is 1. The Morgan fingerprint density at radius 3 is 2.77 bits per heavy atom. The van der Waals surface area contributed by atoms with Crippen LogP contribution in [0.1, 0.15) is 31.2 Å². The first-order valence-electron chi connectivity index (χ1n) is 11.3. The zero-order valence-electron chi connectivity index (χ0n) is 18.7. The molecule has 12 heteroatoms. The van der Waals surface area contributed by atoms with Gasteiger partial charge in [-0.15, -0.1) is 10.2 Å². The Morgan fingerprint density at radius 2 is 2.06 bits per heavy atom. The Balaban J connectivity index is 1.41. The molecule has 1 aromatic carbocycles. The molecule has 4 atom stereocenters. The lowest BCUT2D eigenvalue weighted by molar-refractivity contribution is -0.127. The second kappa shape index (κ2) is 8.74. The van der Waals surface area contributed by atoms with Gasteiger partial charge in [0.05, 0.1) is 35.9 Å². The Kier molecular flexibility index (Phi) is 5.86. The molecule has 35 heavy (non-hydrogen) atoms. The number of nitrogens with zero attached hydrogens (tertiary/aromatic N) is 4. The van der Waals surface area contributed by atoms with Gasteiger partial charge in [-0.1, -0.05) is 6.42 Å². The Labute approximate surface area is 197 Å². The first kappa shape index (κ1) is 23.5. The van der Waals surface area contributed by atoms with Crippen LogP contribution in [0.15, 0.2) is 33.8 Å². The van der Waals surface area contributed by atoms with Crippen molar-refractivity contribution in [3.63, 3.8) is 0 Å². The van der Waals surface area contributed by atoms with Crippen LogP contribution >= 0.6 is 0 Å². The van der Waals surface area contributed by atoms with Gasteiger partial charge in [0.2, 0.25) is 0 Å². The van der Waals surface area contributed by atoms with Crippen molar-refractivity contribution in [2.45, 2.75) is 62.6 Å². The van der Waals surface area contributed by atoms with Crippen LogP contribution in [-0.4, -0.2) is 57.8 Å². The van der Waals surface area contributed by atoms with E-state index >= 15 is 4.39 Å². The number of aromatic nitrogens is 3. The number of fused-ring (bicyclic) bond motifs is 3. The highest BCUT2D eigenvalue weighted by molar-refractivity contribution is 5.85. The molecule has 0 aliphatic carbocycles. The molecule has 186 valence electrons. The van der Waals surface area contributed by atoms with E-state index in [0.29, 0.717) is 12.2 Å². The quantitative estimate of drug-likeness (QED) is 0.533. The fourth-order valence-corrected chi connectivity index (χ4v) is 5.00. The maximum Gasteiger partial charge on any atom is 0.393 e. The minimum Gasteiger partial charge on any atom is -0.507 e. The van der Waals surface area contributed by atoms with Crippen molar-refractivity contribution in [2.24, 2.45) is 0 Å². The van der Waals surface area contributed by atoms with Crippen molar-refractivity contribution >= 4 is 16.8 Å². The van der Waals surface area contributed by atoms with Gasteiger partial charge in [-0.2, -0.15) is 13.2 Å². The van der Waals surface area contributed by atoms with Crippen LogP contribution in [0.4, 0.5) is 23.4 Å². The minimum atomic E-state index is -4.58. The second-order valence-electron chi connectivity index (χ2n) is 9.15. The third kappa shape index (κ3) is 4.54. The van der Waals surface area contributed by atoms with Crippen LogP contribution < -0.4 is 15.6 Å². The fourth-order valence-electron chi connectivity index (χ4n) is 5.00. The molecule has 0 radical (unpaired) electrons. The van der Waals surface area contributed by atoms with E-state index in [2.05, 4.69) is 20.5 Å². The van der Waals surface area contributed by atoms with E-state index in [1.54, 1.807) is 11.9 Å². The highest BCUT2D eigenvalue weighted by atomic mass is 19.4. The molecule has 2 aromatic heterocycles. The number of halogens is 4. The smallest absolute Gasteiger partial charge is 0.393 e. The molecule has 0 saturated carbocycles. The predicted octanol–water partition coefficient (Wildman–Crippen LogP) is 3.51. The lowest BCUT2D eigenvalue weighted by Crippen LogP contribution is -2.61. The Bertz CT molecular complexity index is 1300. The molecule has 2 bridgehead atoms. The van der Waals surface area contributed by atoms with Crippen molar-refractivity contribution in [1.82, 2.24) is 20.5 Å². The summed E-state index contributed by atoms with van der Waals surface area (Å²) in [5.74, 6) is -0.0283. The van der Waals surface area contributed by atoms with E-state index in [4.69, 9.17) is 4.42 Å². The Morgan fingerprint density at radius 1 is 1.26 bits per heavy atom. The first-order valence-corrected chi connectivity index (χ1v) is 11.3. The zero-order valence-corrected chi connectivity index (χ0v) is 18.7. The first-order chi connectivity index (χ1) is 16.6. The van der Waals surface area contributed by atoms with E-state index in [-0.39, 0.29) is 40.5 Å². The van der Waals surface area contributed by atoms with Crippen LogP contribution in [0.2, 0.25) is 0 Å². The molecule has 2 N–H and O–H groups in total. The van der Waals surface area contributed by atoms with Crippen LogP contribution in [-0.2, 0) is 6.42 Å². The van der Waals surface area contributed by atoms with Gasteiger partial charge in [-0.3, -0.25) is 4.79 Å². The monoisotopic (exact) mass is 493 g/mol. The normalized spacial score (nSPS) is 24.5. The number of hydrogen-bond acceptors (Lipinski definition) is 8. The molecule has 5 rings (SSSR count). The molecule has 2 aliphatic heterocycles. The van der Waals surface area contributed by atoms with Gasteiger partial charge in [0, 0.05) is 24.7 Å². The molecule has 2 fully saturated rings. The number of piperidine rings is 2. The largest absolute Gasteiger partial charge is 0.507 e. The number of phenols is 1. The number of hydrogen-bond donors (Lipinski definition) is 2. The molecule has 0 amide bonds. The summed E-state index contributed by atoms with van der Waals surface area (Å²) in [7, 11) is 1.74. The molecule has 0 spiro atoms. The SMILES string of the molecule is CN(c1cnc(-c2cc3occ(CC(F)(F)F)c(=O)c3cc2O)nn1)[C@H]1CC2CCCC(N2)[C@H]1F. The molecular weight excluding hydrogens is 470 g/mol. The van der Waals surface area contributed by atoms with Gasteiger partial charge in [-0.25, -0.2) is 9.37 Å². The molecule has 3 aromatic rings. The minimum absolute atomic E-state index is 0.0162. The third-order valence-electron chi connectivity index (χ3n) is 6.80. The molecule has 2 unspecified atom stereocenters. The fraction of sp³-hybridized carbons (Fsp3) is 0.478. The van der Waals surface area contributed by atoms with E-state index in [9.17, 15) is 23.1 Å². The van der Waals surface area contributed by atoms with E-state index in [1.807, 2.05) is 0 Å². The van der Waals surface area contributed by atoms with Crippen molar-refractivity contribution in [1.29, 1.82) is 0 Å². The molecular formula is C23H23F4N5O3. The number of alkyl halides is 4. The van der Waals surface area contributed by atoms with Gasteiger partial charge in [0.25, 0.3) is 0 Å². The van der Waals surface area contributed by atoms with Crippen LogP contribution in [0.5, 0.6) is 5.75 Å². The lowest BCUT2D eigenvalue weighted by Gasteiger charge is -2.45. The standard InChI is InChI=1S/C23H23F4N5O3/c1-32(16-5-12-3-2-4-15(29-12)20(16)24)19-9-28-22(31-30-19)13-7-18-14(6-17(13)33)21(34)11(10-35-18)8-23(25,26)27/h6-7,9-10,12,15-16,20,29,33H,2-5,8H2,1H3/t12?,15?,16-,20+/m0/s1. The van der Waals surface area contributed by atoms with E-state index in [0.717, 1.165) is 31.6 Å². The maximum atomic E-state index is 15.0. The number of phenolic OH excluding ortho intramolecular Hbond substituents is 1. The molecule has 2 saturated heterocycles. The number of aromatic hydroxyl groups is 1. The number of benzene rings is 1. The van der Waals surface area contributed by atoms with Crippen molar-refractivity contribution in [3.8, 4) is 17.1 Å². The summed E-state index contributed by atoms with van der Waals surface area (Å²) >= 11 is 0. The predicted molar refractivity (Wildman–Crippen MR) is 119 cm³/mol. The van der Waals surface area contributed by atoms with Crippen LogP contribution in [0.25, 0.3) is 22.4 Å². The number of rotatable bonds is 4. The highest BCUT2D eigenvalue weighted by Crippen LogP contribution is 2.33. The van der Waals surface area contributed by atoms with Gasteiger partial charge in [0.1, 0.15) is 17.5 Å². The summed E-state index contributed by atoms with van der Waals surface area (Å²) in [5, 5.41) is 21.8. The van der Waals surface area contributed by atoms with Crippen LogP contribution in [0, 0.1) is 0 Å². The molecule has 4 heterocycles. The van der Waals surface area contributed by atoms with Crippen LogP contribution in [0.3, 0.4) is 0 Å². The average Bonchev–Trinajstić information content (AvgIpc) is 2.82. The van der Waals surface area contributed by atoms with Gasteiger partial charge in [0.15, 0.2) is 17.1 Å². The molecule has 8 nitrogen and oxygen atoms in total. The topological polar surface area (TPSA) is 104 Å².